The summed E-state index contributed by atoms with van der Waals surface area (Å²) in [6.07, 6.45) is 1.35. The number of methoxy groups -OCH3 is 1. The molecule has 1 aromatic carbocycles. The zero-order chi connectivity index (χ0) is 15.2. The average molecular weight is 279 g/mol. The predicted octanol–water partition coefficient (Wildman–Crippen LogP) is 2.21. The summed E-state index contributed by atoms with van der Waals surface area (Å²) in [5.74, 6) is -1.24. The van der Waals surface area contributed by atoms with E-state index in [1.807, 2.05) is 6.92 Å². The van der Waals surface area contributed by atoms with Crippen molar-refractivity contribution in [2.24, 2.45) is 0 Å². The van der Waals surface area contributed by atoms with Crippen LogP contribution in [0.5, 0.6) is 0 Å². The number of hydrogen-bond acceptors (Lipinski definition) is 4. The third-order valence-electron chi connectivity index (χ3n) is 3.28. The number of aliphatic carboxylic acids is 1. The van der Waals surface area contributed by atoms with Gasteiger partial charge in [0.15, 0.2) is 0 Å². The van der Waals surface area contributed by atoms with Crippen molar-refractivity contribution in [2.45, 2.75) is 38.8 Å². The molecular weight excluding hydrogens is 258 g/mol. The highest BCUT2D eigenvalue weighted by molar-refractivity contribution is 5.89. The Balaban J connectivity index is 2.69. The van der Waals surface area contributed by atoms with Crippen LogP contribution in [0.1, 0.15) is 42.6 Å². The molecule has 1 unspecified atom stereocenters. The minimum atomic E-state index is -0.935. The molecule has 0 saturated heterocycles. The Morgan fingerprint density at radius 2 is 1.90 bits per heavy atom. The van der Waals surface area contributed by atoms with Gasteiger partial charge in [-0.2, -0.15) is 0 Å². The second-order valence-electron chi connectivity index (χ2n) is 4.93. The van der Waals surface area contributed by atoms with Crippen LogP contribution in [0.15, 0.2) is 24.3 Å². The lowest BCUT2D eigenvalue weighted by Gasteiger charge is -2.26. The van der Waals surface area contributed by atoms with Crippen LogP contribution in [0.3, 0.4) is 0 Å². The summed E-state index contributed by atoms with van der Waals surface area (Å²) in [6, 6.07) is 6.91. The molecule has 1 aromatic rings. The Kier molecular flexibility index (Phi) is 5.70. The van der Waals surface area contributed by atoms with Crippen molar-refractivity contribution < 1.29 is 19.4 Å². The lowest BCUT2D eigenvalue weighted by Crippen LogP contribution is -2.48. The van der Waals surface area contributed by atoms with Crippen LogP contribution < -0.4 is 5.32 Å². The van der Waals surface area contributed by atoms with E-state index in [9.17, 15) is 14.7 Å². The van der Waals surface area contributed by atoms with Crippen LogP contribution in [-0.2, 0) is 16.1 Å². The molecule has 0 aliphatic heterocycles. The van der Waals surface area contributed by atoms with E-state index in [1.54, 1.807) is 31.2 Å². The number of carbonyl (C=O) groups is 2. The number of benzene rings is 1. The van der Waals surface area contributed by atoms with E-state index < -0.39 is 11.5 Å². The fourth-order valence-corrected chi connectivity index (χ4v) is 1.94. The van der Waals surface area contributed by atoms with Crippen molar-refractivity contribution >= 4 is 11.9 Å². The van der Waals surface area contributed by atoms with Crippen molar-refractivity contribution in [3.8, 4) is 0 Å². The van der Waals surface area contributed by atoms with Gasteiger partial charge in [0.2, 0.25) is 0 Å². The minimum Gasteiger partial charge on any atom is -0.480 e. The third-order valence-corrected chi connectivity index (χ3v) is 3.28. The maximum Gasteiger partial charge on any atom is 0.337 e. The number of carboxylic acids is 1. The Hall–Kier alpha value is -1.88. The summed E-state index contributed by atoms with van der Waals surface area (Å²) in [6.45, 7) is 4.07. The molecule has 0 amide bonds. The van der Waals surface area contributed by atoms with Crippen molar-refractivity contribution in [1.29, 1.82) is 0 Å². The van der Waals surface area contributed by atoms with E-state index in [4.69, 9.17) is 0 Å². The van der Waals surface area contributed by atoms with E-state index in [0.29, 0.717) is 18.5 Å². The van der Waals surface area contributed by atoms with Gasteiger partial charge in [0.25, 0.3) is 0 Å². The zero-order valence-corrected chi connectivity index (χ0v) is 12.1. The third kappa shape index (κ3) is 4.06. The Bertz CT molecular complexity index is 469. The zero-order valence-electron chi connectivity index (χ0n) is 12.1. The van der Waals surface area contributed by atoms with Gasteiger partial charge in [-0.05, 0) is 31.0 Å². The van der Waals surface area contributed by atoms with E-state index in [2.05, 4.69) is 10.1 Å². The highest BCUT2D eigenvalue weighted by Crippen LogP contribution is 2.14. The molecule has 0 radical (unpaired) electrons. The van der Waals surface area contributed by atoms with Crippen molar-refractivity contribution in [3.63, 3.8) is 0 Å². The fraction of sp³-hybridized carbons (Fsp3) is 0.467. The maximum absolute atomic E-state index is 11.3. The van der Waals surface area contributed by atoms with Gasteiger partial charge in [0.05, 0.1) is 12.7 Å². The quantitative estimate of drug-likeness (QED) is 0.748. The molecule has 2 N–H and O–H groups in total. The number of rotatable bonds is 7. The van der Waals surface area contributed by atoms with E-state index in [1.165, 1.54) is 7.11 Å². The van der Waals surface area contributed by atoms with Crippen LogP contribution in [0.4, 0.5) is 0 Å². The minimum absolute atomic E-state index is 0.383. The molecule has 0 saturated carbocycles. The Morgan fingerprint density at radius 1 is 1.30 bits per heavy atom. The molecule has 0 fully saturated rings. The molecule has 1 rings (SSSR count). The van der Waals surface area contributed by atoms with E-state index in [0.717, 1.165) is 12.0 Å². The number of hydrogen-bond donors (Lipinski definition) is 2. The molecule has 20 heavy (non-hydrogen) atoms. The second kappa shape index (κ2) is 7.05. The molecule has 0 aromatic heterocycles. The van der Waals surface area contributed by atoms with Crippen molar-refractivity contribution in [2.75, 3.05) is 7.11 Å². The normalized spacial score (nSPS) is 13.6. The molecule has 0 spiro atoms. The Morgan fingerprint density at radius 3 is 2.35 bits per heavy atom. The SMILES string of the molecule is CCCC(C)(NCc1ccc(C(=O)OC)cc1)C(=O)O. The van der Waals surface area contributed by atoms with Gasteiger partial charge in [0, 0.05) is 6.54 Å². The van der Waals surface area contributed by atoms with Crippen LogP contribution in [0.2, 0.25) is 0 Å². The van der Waals surface area contributed by atoms with Crippen molar-refractivity contribution in [1.82, 2.24) is 5.32 Å². The molecule has 0 heterocycles. The topological polar surface area (TPSA) is 75.6 Å². The van der Waals surface area contributed by atoms with Gasteiger partial charge < -0.3 is 9.84 Å². The van der Waals surface area contributed by atoms with Gasteiger partial charge >= 0.3 is 11.9 Å². The summed E-state index contributed by atoms with van der Waals surface area (Å²) in [4.78, 5) is 22.6. The summed E-state index contributed by atoms with van der Waals surface area (Å²) < 4.78 is 4.62. The lowest BCUT2D eigenvalue weighted by atomic mass is 9.96. The summed E-state index contributed by atoms with van der Waals surface area (Å²) in [5.41, 5.74) is 0.461. The van der Waals surface area contributed by atoms with Gasteiger partial charge in [-0.25, -0.2) is 4.79 Å². The number of esters is 1. The molecule has 1 atom stereocenters. The average Bonchev–Trinajstić information content (AvgIpc) is 2.45. The standard InChI is InChI=1S/C15H21NO4/c1-4-9-15(2,14(18)19)16-10-11-5-7-12(8-6-11)13(17)20-3/h5-8,16H,4,9-10H2,1-3H3,(H,18,19). The number of carboxylic acid groups (broad SMARTS) is 1. The first-order valence-corrected chi connectivity index (χ1v) is 6.58. The largest absolute Gasteiger partial charge is 0.480 e. The van der Waals surface area contributed by atoms with E-state index >= 15 is 0 Å². The number of nitrogens with one attached hydrogen (secondary N) is 1. The molecule has 0 bridgehead atoms. The van der Waals surface area contributed by atoms with Crippen LogP contribution in [0, 0.1) is 0 Å². The summed E-state index contributed by atoms with van der Waals surface area (Å²) >= 11 is 0. The number of ether oxygens (including phenoxy) is 1. The second-order valence-corrected chi connectivity index (χ2v) is 4.93. The first-order valence-electron chi connectivity index (χ1n) is 6.58. The number of carbonyl (C=O) groups excluding carboxylic acids is 1. The summed E-state index contributed by atoms with van der Waals surface area (Å²) in [7, 11) is 1.33. The van der Waals surface area contributed by atoms with Crippen molar-refractivity contribution in [3.05, 3.63) is 35.4 Å². The molecule has 0 aliphatic carbocycles. The molecular formula is C15H21NO4. The fourth-order valence-electron chi connectivity index (χ4n) is 1.94. The van der Waals surface area contributed by atoms with Crippen LogP contribution in [0.25, 0.3) is 0 Å². The lowest BCUT2D eigenvalue weighted by molar-refractivity contribution is -0.144. The smallest absolute Gasteiger partial charge is 0.337 e. The first-order chi connectivity index (χ1) is 9.42. The molecule has 5 heteroatoms. The van der Waals surface area contributed by atoms with Gasteiger partial charge in [0.1, 0.15) is 5.54 Å². The molecule has 110 valence electrons. The molecule has 0 aliphatic rings. The van der Waals surface area contributed by atoms with Crippen LogP contribution in [-0.4, -0.2) is 29.7 Å². The maximum atomic E-state index is 11.3. The first kappa shape index (κ1) is 16.2. The molecule has 5 nitrogen and oxygen atoms in total. The van der Waals surface area contributed by atoms with Gasteiger partial charge in [-0.15, -0.1) is 0 Å². The summed E-state index contributed by atoms with van der Waals surface area (Å²) in [5, 5.41) is 12.3. The monoisotopic (exact) mass is 279 g/mol. The van der Waals surface area contributed by atoms with E-state index in [-0.39, 0.29) is 5.97 Å². The Labute approximate surface area is 118 Å². The van der Waals surface area contributed by atoms with Gasteiger partial charge in [-0.3, -0.25) is 10.1 Å². The highest BCUT2D eigenvalue weighted by Gasteiger charge is 2.31. The van der Waals surface area contributed by atoms with Crippen LogP contribution >= 0.6 is 0 Å². The van der Waals surface area contributed by atoms with Gasteiger partial charge in [-0.1, -0.05) is 25.5 Å². The highest BCUT2D eigenvalue weighted by atomic mass is 16.5. The predicted molar refractivity (Wildman–Crippen MR) is 75.6 cm³/mol.